The summed E-state index contributed by atoms with van der Waals surface area (Å²) in [6.45, 7) is 7.99. The van der Waals surface area contributed by atoms with Gasteiger partial charge >= 0.3 is 0 Å². The lowest BCUT2D eigenvalue weighted by molar-refractivity contribution is 0.102. The van der Waals surface area contributed by atoms with Gasteiger partial charge in [-0.25, -0.2) is 4.98 Å². The molecule has 1 amide bonds. The van der Waals surface area contributed by atoms with Gasteiger partial charge in [-0.15, -0.1) is 0 Å². The maximum absolute atomic E-state index is 13.3. The second-order valence-corrected chi connectivity index (χ2v) is 7.46. The fourth-order valence-corrected chi connectivity index (χ4v) is 3.83. The van der Waals surface area contributed by atoms with Gasteiger partial charge in [0, 0.05) is 29.4 Å². The van der Waals surface area contributed by atoms with Gasteiger partial charge in [-0.05, 0) is 51.0 Å². The van der Waals surface area contributed by atoms with E-state index in [2.05, 4.69) is 10.4 Å². The molecule has 0 bridgehead atoms. The molecule has 29 heavy (non-hydrogen) atoms. The molecule has 0 radical (unpaired) electrons. The molecular formula is C24H24N4O. The highest BCUT2D eigenvalue weighted by atomic mass is 16.1. The standard InChI is InChI=1S/C24H24N4O/c1-14-9-8-10-15(2)23(14)26-24(29)19-13-21(22-16(3)27-28(5)17(22)4)25-20-12-7-6-11-18(19)20/h6-13H,1-5H3,(H,26,29). The van der Waals surface area contributed by atoms with Crippen molar-refractivity contribution in [1.82, 2.24) is 14.8 Å². The van der Waals surface area contributed by atoms with E-state index in [1.54, 1.807) is 0 Å². The van der Waals surface area contributed by atoms with Gasteiger partial charge < -0.3 is 5.32 Å². The third-order valence-electron chi connectivity index (χ3n) is 5.45. The Kier molecular flexibility index (Phi) is 4.66. The molecule has 2 aromatic heterocycles. The second-order valence-electron chi connectivity index (χ2n) is 7.46. The summed E-state index contributed by atoms with van der Waals surface area (Å²) in [6, 6.07) is 15.6. The van der Waals surface area contributed by atoms with Gasteiger partial charge in [0.2, 0.25) is 0 Å². The molecule has 4 aromatic rings. The van der Waals surface area contributed by atoms with Crippen LogP contribution < -0.4 is 5.32 Å². The number of para-hydroxylation sites is 2. The van der Waals surface area contributed by atoms with E-state index < -0.39 is 0 Å². The first-order valence-corrected chi connectivity index (χ1v) is 9.64. The number of carbonyl (C=O) groups is 1. The van der Waals surface area contributed by atoms with E-state index in [0.29, 0.717) is 5.56 Å². The quantitative estimate of drug-likeness (QED) is 0.533. The van der Waals surface area contributed by atoms with Crippen molar-refractivity contribution >= 4 is 22.5 Å². The molecule has 1 N–H and O–H groups in total. The molecule has 0 fully saturated rings. The molecule has 0 aliphatic carbocycles. The molecule has 5 nitrogen and oxygen atoms in total. The number of hydrogen-bond acceptors (Lipinski definition) is 3. The fraction of sp³-hybridized carbons (Fsp3) is 0.208. The maximum Gasteiger partial charge on any atom is 0.256 e. The van der Waals surface area contributed by atoms with Crippen LogP contribution in [0, 0.1) is 27.7 Å². The first-order valence-electron chi connectivity index (χ1n) is 9.64. The van der Waals surface area contributed by atoms with Gasteiger partial charge in [-0.3, -0.25) is 9.48 Å². The summed E-state index contributed by atoms with van der Waals surface area (Å²) >= 11 is 0. The number of amides is 1. The summed E-state index contributed by atoms with van der Waals surface area (Å²) in [7, 11) is 1.92. The van der Waals surface area contributed by atoms with Gasteiger partial charge in [0.25, 0.3) is 5.91 Å². The summed E-state index contributed by atoms with van der Waals surface area (Å²) < 4.78 is 1.85. The van der Waals surface area contributed by atoms with Crippen LogP contribution in [0.3, 0.4) is 0 Å². The average molecular weight is 384 g/mol. The Morgan fingerprint density at radius 3 is 2.31 bits per heavy atom. The van der Waals surface area contributed by atoms with Gasteiger partial charge in [0.15, 0.2) is 0 Å². The number of rotatable bonds is 3. The Morgan fingerprint density at radius 1 is 0.966 bits per heavy atom. The predicted molar refractivity (Wildman–Crippen MR) is 117 cm³/mol. The van der Waals surface area contributed by atoms with Gasteiger partial charge in [0.1, 0.15) is 0 Å². The van der Waals surface area contributed by atoms with Crippen LogP contribution in [0.15, 0.2) is 48.5 Å². The molecule has 0 unspecified atom stereocenters. The van der Waals surface area contributed by atoms with E-state index in [1.165, 1.54) is 0 Å². The van der Waals surface area contributed by atoms with Crippen molar-refractivity contribution in [3.8, 4) is 11.3 Å². The third-order valence-corrected chi connectivity index (χ3v) is 5.45. The Morgan fingerprint density at radius 2 is 1.66 bits per heavy atom. The molecule has 0 aliphatic rings. The van der Waals surface area contributed by atoms with Crippen LogP contribution in [0.25, 0.3) is 22.2 Å². The van der Waals surface area contributed by atoms with Crippen LogP contribution in [-0.2, 0) is 7.05 Å². The predicted octanol–water partition coefficient (Wildman–Crippen LogP) is 5.12. The van der Waals surface area contributed by atoms with Crippen LogP contribution in [-0.4, -0.2) is 20.7 Å². The van der Waals surface area contributed by atoms with Crippen molar-refractivity contribution < 1.29 is 4.79 Å². The molecule has 0 atom stereocenters. The van der Waals surface area contributed by atoms with Crippen molar-refractivity contribution in [2.75, 3.05) is 5.32 Å². The number of nitrogens with one attached hydrogen (secondary N) is 1. The lowest BCUT2D eigenvalue weighted by Crippen LogP contribution is -2.15. The third kappa shape index (κ3) is 3.29. The van der Waals surface area contributed by atoms with Crippen LogP contribution in [0.1, 0.15) is 32.9 Å². The number of benzene rings is 2. The van der Waals surface area contributed by atoms with Gasteiger partial charge in [-0.2, -0.15) is 5.10 Å². The van der Waals surface area contributed by atoms with Crippen molar-refractivity contribution in [3.05, 3.63) is 76.6 Å². The Labute approximate surface area is 170 Å². The summed E-state index contributed by atoms with van der Waals surface area (Å²) in [5.74, 6) is -0.138. The normalized spacial score (nSPS) is 11.1. The SMILES string of the molecule is Cc1cccc(C)c1NC(=O)c1cc(-c2c(C)nn(C)c2C)nc2ccccc12. The average Bonchev–Trinajstić information content (AvgIpc) is 2.95. The zero-order chi connectivity index (χ0) is 20.7. The molecule has 5 heteroatoms. The van der Waals surface area contributed by atoms with Crippen molar-refractivity contribution in [1.29, 1.82) is 0 Å². The Hall–Kier alpha value is -3.47. The summed E-state index contributed by atoms with van der Waals surface area (Å²) in [5.41, 5.74) is 7.98. The molecule has 2 heterocycles. The van der Waals surface area contributed by atoms with Crippen LogP contribution in [0.5, 0.6) is 0 Å². The number of fused-ring (bicyclic) bond motifs is 1. The van der Waals surface area contributed by atoms with E-state index in [9.17, 15) is 4.79 Å². The maximum atomic E-state index is 13.3. The Balaban J connectivity index is 1.88. The monoisotopic (exact) mass is 384 g/mol. The van der Waals surface area contributed by atoms with Crippen molar-refractivity contribution in [3.63, 3.8) is 0 Å². The summed E-state index contributed by atoms with van der Waals surface area (Å²) in [4.78, 5) is 18.2. The number of hydrogen-bond donors (Lipinski definition) is 1. The van der Waals surface area contributed by atoms with E-state index in [1.807, 2.05) is 88.0 Å². The summed E-state index contributed by atoms with van der Waals surface area (Å²) in [5, 5.41) is 8.45. The minimum atomic E-state index is -0.138. The number of nitrogens with zero attached hydrogens (tertiary/aromatic N) is 3. The number of anilines is 1. The molecule has 4 rings (SSSR count). The second kappa shape index (κ2) is 7.17. The molecule has 2 aromatic carbocycles. The number of pyridine rings is 1. The van der Waals surface area contributed by atoms with Gasteiger partial charge in [-0.1, -0.05) is 36.4 Å². The van der Waals surface area contributed by atoms with Crippen molar-refractivity contribution in [2.24, 2.45) is 7.05 Å². The number of aromatic nitrogens is 3. The largest absolute Gasteiger partial charge is 0.321 e. The zero-order valence-corrected chi connectivity index (χ0v) is 17.4. The van der Waals surface area contributed by atoms with Crippen molar-refractivity contribution in [2.45, 2.75) is 27.7 Å². The minimum absolute atomic E-state index is 0.138. The van der Waals surface area contributed by atoms with Crippen LogP contribution in [0.2, 0.25) is 0 Å². The molecule has 146 valence electrons. The summed E-state index contributed by atoms with van der Waals surface area (Å²) in [6.07, 6.45) is 0. The topological polar surface area (TPSA) is 59.8 Å². The molecule has 0 spiro atoms. The number of carbonyl (C=O) groups excluding carboxylic acids is 1. The van der Waals surface area contributed by atoms with E-state index in [4.69, 9.17) is 4.98 Å². The van der Waals surface area contributed by atoms with E-state index >= 15 is 0 Å². The van der Waals surface area contributed by atoms with Crippen LogP contribution >= 0.6 is 0 Å². The molecule has 0 aliphatic heterocycles. The number of aryl methyl sites for hydroxylation is 4. The van der Waals surface area contributed by atoms with E-state index in [-0.39, 0.29) is 5.91 Å². The van der Waals surface area contributed by atoms with Crippen LogP contribution in [0.4, 0.5) is 5.69 Å². The van der Waals surface area contributed by atoms with E-state index in [0.717, 1.165) is 50.4 Å². The highest BCUT2D eigenvalue weighted by molar-refractivity contribution is 6.13. The lowest BCUT2D eigenvalue weighted by Gasteiger charge is -2.14. The highest BCUT2D eigenvalue weighted by Gasteiger charge is 2.19. The lowest BCUT2D eigenvalue weighted by atomic mass is 10.0. The highest BCUT2D eigenvalue weighted by Crippen LogP contribution is 2.30. The molecule has 0 saturated carbocycles. The minimum Gasteiger partial charge on any atom is -0.321 e. The molecular weight excluding hydrogens is 360 g/mol. The first-order chi connectivity index (χ1) is 13.9. The fourth-order valence-electron chi connectivity index (χ4n) is 3.83. The zero-order valence-electron chi connectivity index (χ0n) is 17.4. The first kappa shape index (κ1) is 18.9. The van der Waals surface area contributed by atoms with Gasteiger partial charge in [0.05, 0.1) is 22.5 Å². The molecule has 0 saturated heterocycles. The smallest absolute Gasteiger partial charge is 0.256 e. The Bertz CT molecular complexity index is 1230.